The van der Waals surface area contributed by atoms with Crippen LogP contribution in [0.4, 0.5) is 26.4 Å². The molecule has 0 spiro atoms. The quantitative estimate of drug-likeness (QED) is 0.370. The molecule has 178 valence electrons. The summed E-state index contributed by atoms with van der Waals surface area (Å²) in [4.78, 5) is 26.1. The number of nitrogen functional groups attached to an aromatic ring is 2. The summed E-state index contributed by atoms with van der Waals surface area (Å²) < 4.78 is 28.3. The lowest BCUT2D eigenvalue weighted by atomic mass is 10.1. The van der Waals surface area contributed by atoms with E-state index >= 15 is 0 Å². The summed E-state index contributed by atoms with van der Waals surface area (Å²) in [5.41, 5.74) is 11.7. The van der Waals surface area contributed by atoms with Crippen LogP contribution in [-0.2, 0) is 0 Å². The highest BCUT2D eigenvalue weighted by Gasteiger charge is 2.23. The summed E-state index contributed by atoms with van der Waals surface area (Å²) in [6.07, 6.45) is -2.74. The molecule has 0 saturated heterocycles. The molecule has 0 aliphatic carbocycles. The Morgan fingerprint density at radius 1 is 1.17 bits per heavy atom. The number of hydrogen-bond donors (Lipinski definition) is 3. The first-order valence-corrected chi connectivity index (χ1v) is 10.7. The van der Waals surface area contributed by atoms with Crippen LogP contribution in [0.5, 0.6) is 0 Å². The van der Waals surface area contributed by atoms with Crippen molar-refractivity contribution in [3.8, 4) is 11.8 Å². The molecule has 0 amide bonds. The van der Waals surface area contributed by atoms with Crippen LogP contribution in [0.25, 0.3) is 16.6 Å². The van der Waals surface area contributed by atoms with Crippen LogP contribution in [0.3, 0.4) is 0 Å². The Kier molecular flexibility index (Phi) is 6.24. The van der Waals surface area contributed by atoms with Gasteiger partial charge in [-0.15, -0.1) is 0 Å². The minimum Gasteiger partial charge on any atom is -0.382 e. The van der Waals surface area contributed by atoms with E-state index in [1.807, 2.05) is 6.07 Å². The molecular weight excluding hydrogens is 478 g/mol. The van der Waals surface area contributed by atoms with E-state index in [0.29, 0.717) is 11.1 Å². The maximum Gasteiger partial charge on any atom is 0.267 e. The number of hydrogen-bond acceptors (Lipinski definition) is 8. The number of nitrogens with one attached hydrogen (secondary N) is 1. The number of rotatable bonds is 5. The zero-order chi connectivity index (χ0) is 25.4. The monoisotopic (exact) mass is 496 g/mol. The van der Waals surface area contributed by atoms with E-state index < -0.39 is 18.0 Å². The van der Waals surface area contributed by atoms with Crippen molar-refractivity contribution in [2.24, 2.45) is 0 Å². The molecule has 0 aliphatic heterocycles. The van der Waals surface area contributed by atoms with Crippen LogP contribution in [0.2, 0.25) is 5.02 Å². The van der Waals surface area contributed by atoms with Gasteiger partial charge in [0.2, 0.25) is 5.95 Å². The van der Waals surface area contributed by atoms with Gasteiger partial charge in [-0.05, 0) is 37.6 Å². The van der Waals surface area contributed by atoms with Crippen molar-refractivity contribution >= 4 is 40.1 Å². The number of fused-ring (bicyclic) bond motifs is 1. The summed E-state index contributed by atoms with van der Waals surface area (Å²) in [6, 6.07) is 10.00. The van der Waals surface area contributed by atoms with Crippen LogP contribution in [0.15, 0.2) is 41.2 Å². The van der Waals surface area contributed by atoms with Crippen LogP contribution in [0, 0.1) is 18.3 Å². The van der Waals surface area contributed by atoms with E-state index in [1.54, 1.807) is 32.0 Å². The predicted octanol–water partition coefficient (Wildman–Crippen LogP) is 4.28. The second-order valence-corrected chi connectivity index (χ2v) is 8.17. The van der Waals surface area contributed by atoms with Gasteiger partial charge in [0.15, 0.2) is 5.82 Å². The van der Waals surface area contributed by atoms with Crippen molar-refractivity contribution in [2.75, 3.05) is 16.8 Å². The van der Waals surface area contributed by atoms with Crippen LogP contribution >= 0.6 is 11.6 Å². The third-order valence-electron chi connectivity index (χ3n) is 5.41. The topological polar surface area (TPSA) is 149 Å². The second kappa shape index (κ2) is 9.15. The number of benzene rings is 2. The summed E-state index contributed by atoms with van der Waals surface area (Å²) in [6.45, 7) is 3.35. The fourth-order valence-electron chi connectivity index (χ4n) is 3.71. The largest absolute Gasteiger partial charge is 0.382 e. The molecule has 0 aliphatic rings. The zero-order valence-corrected chi connectivity index (χ0v) is 19.3. The van der Waals surface area contributed by atoms with Gasteiger partial charge in [-0.1, -0.05) is 29.8 Å². The number of halogens is 3. The molecule has 4 rings (SSSR count). The Morgan fingerprint density at radius 2 is 1.91 bits per heavy atom. The summed E-state index contributed by atoms with van der Waals surface area (Å²) in [5, 5.41) is 12.8. The molecule has 1 atom stereocenters. The second-order valence-electron chi connectivity index (χ2n) is 7.76. The molecule has 0 fully saturated rings. The first-order chi connectivity index (χ1) is 16.6. The van der Waals surface area contributed by atoms with Crippen LogP contribution in [0.1, 0.15) is 41.9 Å². The van der Waals surface area contributed by atoms with Gasteiger partial charge in [0, 0.05) is 5.56 Å². The van der Waals surface area contributed by atoms with Crippen LogP contribution < -0.4 is 22.3 Å². The Hall–Kier alpha value is -4.30. The third-order valence-corrected chi connectivity index (χ3v) is 5.72. The van der Waals surface area contributed by atoms with E-state index in [1.165, 1.54) is 22.8 Å². The molecule has 0 bridgehead atoms. The third kappa shape index (κ3) is 4.31. The lowest BCUT2D eigenvalue weighted by Gasteiger charge is -2.22. The fourth-order valence-corrected chi connectivity index (χ4v) is 3.96. The van der Waals surface area contributed by atoms with Crippen molar-refractivity contribution in [1.82, 2.24) is 19.5 Å². The summed E-state index contributed by atoms with van der Waals surface area (Å²) >= 11 is 6.31. The molecule has 2 aromatic heterocycles. The highest BCUT2D eigenvalue weighted by Crippen LogP contribution is 2.29. The Morgan fingerprint density at radius 3 is 2.60 bits per heavy atom. The maximum atomic E-state index is 13.7. The normalized spacial score (nSPS) is 12.0. The smallest absolute Gasteiger partial charge is 0.267 e. The summed E-state index contributed by atoms with van der Waals surface area (Å²) in [7, 11) is 0. The average Bonchev–Trinajstić information content (AvgIpc) is 2.79. The lowest BCUT2D eigenvalue weighted by molar-refractivity contribution is 0.151. The van der Waals surface area contributed by atoms with Crippen molar-refractivity contribution < 1.29 is 8.78 Å². The van der Waals surface area contributed by atoms with Gasteiger partial charge in [0.1, 0.15) is 23.3 Å². The number of aromatic nitrogens is 4. The van der Waals surface area contributed by atoms with E-state index in [4.69, 9.17) is 23.1 Å². The van der Waals surface area contributed by atoms with Gasteiger partial charge < -0.3 is 16.8 Å². The van der Waals surface area contributed by atoms with E-state index in [0.717, 1.165) is 0 Å². The molecule has 2 aromatic carbocycles. The fraction of sp³-hybridized carbons (Fsp3) is 0.174. The van der Waals surface area contributed by atoms with Crippen molar-refractivity contribution in [1.29, 1.82) is 5.26 Å². The Labute approximate surface area is 203 Å². The number of aryl methyl sites for hydroxylation is 1. The van der Waals surface area contributed by atoms with Crippen molar-refractivity contribution in [2.45, 2.75) is 26.3 Å². The van der Waals surface area contributed by atoms with E-state index in [9.17, 15) is 18.8 Å². The molecule has 0 radical (unpaired) electrons. The van der Waals surface area contributed by atoms with Gasteiger partial charge in [0.25, 0.3) is 12.0 Å². The minimum absolute atomic E-state index is 0.0371. The molecule has 9 nitrogen and oxygen atoms in total. The average molecular weight is 497 g/mol. The number of nitrogens with zero attached hydrogens (tertiary/aromatic N) is 5. The number of nitriles is 1. The van der Waals surface area contributed by atoms with Gasteiger partial charge in [-0.25, -0.2) is 13.8 Å². The highest BCUT2D eigenvalue weighted by atomic mass is 35.5. The standard InChI is InChI=1S/C23H19ClF2N8O/c1-10-6-7-12(18(25)26)8-16(10)34-21(31-15-5-3-4-14(24)17(15)22(34)35)11(2)30-20-13(9-27)19(28)32-23(29)33-20/h3-8,11,18H,1-2H3,(H5,28,29,30,32,33). The molecule has 2 heterocycles. The van der Waals surface area contributed by atoms with Gasteiger partial charge in [-0.3, -0.25) is 9.36 Å². The minimum atomic E-state index is -2.74. The van der Waals surface area contributed by atoms with Crippen molar-refractivity contribution in [3.05, 3.63) is 74.3 Å². The van der Waals surface area contributed by atoms with Gasteiger partial charge >= 0.3 is 0 Å². The van der Waals surface area contributed by atoms with E-state index in [-0.39, 0.29) is 50.6 Å². The molecule has 35 heavy (non-hydrogen) atoms. The molecule has 4 aromatic rings. The SMILES string of the molecule is Cc1ccc(C(F)F)cc1-n1c(C(C)Nc2nc(N)nc(N)c2C#N)nc2cccc(Cl)c2c1=O. The molecule has 1 unspecified atom stereocenters. The first-order valence-electron chi connectivity index (χ1n) is 10.3. The van der Waals surface area contributed by atoms with Gasteiger partial charge in [0.05, 0.1) is 27.7 Å². The Bertz CT molecular complexity index is 1560. The zero-order valence-electron chi connectivity index (χ0n) is 18.6. The van der Waals surface area contributed by atoms with Gasteiger partial charge in [-0.2, -0.15) is 15.2 Å². The van der Waals surface area contributed by atoms with E-state index in [2.05, 4.69) is 20.3 Å². The first kappa shape index (κ1) is 23.8. The molecule has 5 N–H and O–H groups in total. The molecular formula is C23H19ClF2N8O. The van der Waals surface area contributed by atoms with Crippen LogP contribution in [-0.4, -0.2) is 19.5 Å². The highest BCUT2D eigenvalue weighted by molar-refractivity contribution is 6.35. The predicted molar refractivity (Wildman–Crippen MR) is 130 cm³/mol. The Balaban J connectivity index is 2.00. The lowest BCUT2D eigenvalue weighted by Crippen LogP contribution is -2.28. The van der Waals surface area contributed by atoms with Crippen molar-refractivity contribution in [3.63, 3.8) is 0 Å². The number of anilines is 3. The number of alkyl halides is 2. The molecule has 12 heteroatoms. The number of nitrogens with two attached hydrogens (primary N) is 2. The maximum absolute atomic E-state index is 13.7. The molecule has 0 saturated carbocycles. The summed E-state index contributed by atoms with van der Waals surface area (Å²) in [5.74, 6) is -0.0767.